The van der Waals surface area contributed by atoms with Crippen LogP contribution in [0.4, 0.5) is 0 Å². The first kappa shape index (κ1) is 20.4. The van der Waals surface area contributed by atoms with E-state index in [2.05, 4.69) is 15.9 Å². The number of nitrogens with zero attached hydrogens (tertiary/aromatic N) is 1. The van der Waals surface area contributed by atoms with E-state index in [1.807, 2.05) is 18.0 Å². The lowest BCUT2D eigenvalue weighted by Crippen LogP contribution is -2.25. The molecule has 4 rings (SSSR count). The smallest absolute Gasteiger partial charge is 0.231 e. The summed E-state index contributed by atoms with van der Waals surface area (Å²) in [6, 6.07) is 5.18. The van der Waals surface area contributed by atoms with Gasteiger partial charge in [-0.2, -0.15) is 0 Å². The van der Waals surface area contributed by atoms with Crippen molar-refractivity contribution in [1.29, 1.82) is 0 Å². The molecule has 2 aromatic carbocycles. The summed E-state index contributed by atoms with van der Waals surface area (Å²) >= 11 is 3.65. The Morgan fingerprint density at radius 2 is 1.87 bits per heavy atom. The molecular formula is C22H22BrNO6. The summed E-state index contributed by atoms with van der Waals surface area (Å²) in [4.78, 5) is 15.5. The zero-order valence-electron chi connectivity index (χ0n) is 17.2. The van der Waals surface area contributed by atoms with Crippen LogP contribution in [0.3, 0.4) is 0 Å². The number of fused-ring (bicyclic) bond motifs is 2. The van der Waals surface area contributed by atoms with E-state index in [9.17, 15) is 4.79 Å². The van der Waals surface area contributed by atoms with E-state index in [-0.39, 0.29) is 12.6 Å². The molecule has 2 aromatic rings. The fourth-order valence-corrected chi connectivity index (χ4v) is 4.45. The van der Waals surface area contributed by atoms with Gasteiger partial charge in [0.25, 0.3) is 0 Å². The highest BCUT2D eigenvalue weighted by Crippen LogP contribution is 2.51. The van der Waals surface area contributed by atoms with Gasteiger partial charge in [0.05, 0.1) is 37.1 Å². The molecule has 0 N–H and O–H groups in total. The zero-order chi connectivity index (χ0) is 21.4. The Hall–Kier alpha value is -2.87. The predicted octanol–water partition coefficient (Wildman–Crippen LogP) is 3.92. The van der Waals surface area contributed by atoms with E-state index in [4.69, 9.17) is 23.7 Å². The van der Waals surface area contributed by atoms with Gasteiger partial charge < -0.3 is 28.6 Å². The van der Waals surface area contributed by atoms with Gasteiger partial charge in [-0.15, -0.1) is 0 Å². The first-order valence-corrected chi connectivity index (χ1v) is 10.2. The highest BCUT2D eigenvalue weighted by Gasteiger charge is 2.32. The Bertz CT molecular complexity index is 1050. The number of carbonyl (C=O) groups is 1. The molecule has 30 heavy (non-hydrogen) atoms. The van der Waals surface area contributed by atoms with Crippen molar-refractivity contribution in [2.75, 3.05) is 41.7 Å². The number of rotatable bonds is 5. The number of ketones is 1. The van der Waals surface area contributed by atoms with Crippen LogP contribution >= 0.6 is 15.9 Å². The topological polar surface area (TPSA) is 66.5 Å². The number of Topliss-reactive ketones (excluding diaryl/α,β-unsaturated/α-hetero) is 1. The van der Waals surface area contributed by atoms with Crippen molar-refractivity contribution in [1.82, 2.24) is 4.90 Å². The minimum atomic E-state index is -0.169. The lowest BCUT2D eigenvalue weighted by Gasteiger charge is -2.21. The van der Waals surface area contributed by atoms with Crippen molar-refractivity contribution in [3.63, 3.8) is 0 Å². The van der Waals surface area contributed by atoms with Crippen LogP contribution < -0.4 is 23.7 Å². The monoisotopic (exact) mass is 475 g/mol. The van der Waals surface area contributed by atoms with Crippen LogP contribution in [0.2, 0.25) is 0 Å². The van der Waals surface area contributed by atoms with Gasteiger partial charge >= 0.3 is 0 Å². The molecule has 0 aliphatic carbocycles. The van der Waals surface area contributed by atoms with Crippen molar-refractivity contribution in [3.8, 4) is 28.7 Å². The molecule has 0 atom stereocenters. The number of allylic oxidation sites excluding steroid dienone is 1. The summed E-state index contributed by atoms with van der Waals surface area (Å²) < 4.78 is 28.5. The fraction of sp³-hybridized carbons (Fsp3) is 0.318. The van der Waals surface area contributed by atoms with Crippen molar-refractivity contribution in [3.05, 3.63) is 45.1 Å². The first-order chi connectivity index (χ1) is 14.5. The minimum Gasteiger partial charge on any atom is -0.497 e. The van der Waals surface area contributed by atoms with Crippen molar-refractivity contribution < 1.29 is 28.5 Å². The van der Waals surface area contributed by atoms with E-state index in [0.29, 0.717) is 53.0 Å². The summed E-state index contributed by atoms with van der Waals surface area (Å²) in [7, 11) is 6.58. The van der Waals surface area contributed by atoms with Crippen LogP contribution in [0.25, 0.3) is 6.08 Å². The Balaban J connectivity index is 1.89. The number of halogens is 1. The van der Waals surface area contributed by atoms with Crippen LogP contribution in [0.5, 0.6) is 28.7 Å². The maximum absolute atomic E-state index is 13.6. The highest BCUT2D eigenvalue weighted by atomic mass is 79.9. The molecule has 0 saturated heterocycles. The van der Waals surface area contributed by atoms with Crippen molar-refractivity contribution in [2.24, 2.45) is 0 Å². The number of hydrogen-bond acceptors (Lipinski definition) is 7. The highest BCUT2D eigenvalue weighted by molar-refractivity contribution is 9.10. The predicted molar refractivity (Wildman–Crippen MR) is 115 cm³/mol. The molecule has 0 unspecified atom stereocenters. The fourth-order valence-electron chi connectivity index (χ4n) is 3.74. The van der Waals surface area contributed by atoms with E-state index < -0.39 is 0 Å². The summed E-state index contributed by atoms with van der Waals surface area (Å²) in [5.41, 5.74) is 2.74. The SMILES string of the molecule is COc1ccc(OC)c(C(=O)C2=Cc3c(c(Br)c4c(c3OC)OCO4)CCN2C)c1. The van der Waals surface area contributed by atoms with Crippen molar-refractivity contribution in [2.45, 2.75) is 6.42 Å². The summed E-state index contributed by atoms with van der Waals surface area (Å²) in [5, 5.41) is 0. The Labute approximate surface area is 183 Å². The Kier molecular flexibility index (Phi) is 5.51. The van der Waals surface area contributed by atoms with Crippen LogP contribution in [-0.2, 0) is 6.42 Å². The van der Waals surface area contributed by atoms with Gasteiger partial charge in [-0.1, -0.05) is 0 Å². The second-order valence-electron chi connectivity index (χ2n) is 6.90. The summed E-state index contributed by atoms with van der Waals surface area (Å²) in [6.45, 7) is 0.766. The molecule has 2 aliphatic heterocycles. The summed E-state index contributed by atoms with van der Waals surface area (Å²) in [6.07, 6.45) is 2.54. The van der Waals surface area contributed by atoms with Gasteiger partial charge in [0.15, 0.2) is 11.5 Å². The van der Waals surface area contributed by atoms with Crippen LogP contribution in [0.15, 0.2) is 28.4 Å². The number of methoxy groups -OCH3 is 3. The Morgan fingerprint density at radius 3 is 2.57 bits per heavy atom. The molecule has 8 heteroatoms. The molecule has 0 bridgehead atoms. The number of hydrogen-bond donors (Lipinski definition) is 0. The summed E-state index contributed by atoms with van der Waals surface area (Å²) in [5.74, 6) is 2.62. The van der Waals surface area contributed by atoms with Gasteiger partial charge in [0.1, 0.15) is 11.5 Å². The number of benzene rings is 2. The van der Waals surface area contributed by atoms with Crippen LogP contribution in [0, 0.1) is 0 Å². The normalized spacial score (nSPS) is 14.6. The molecule has 0 fully saturated rings. The standard InChI is InChI=1S/C22H22BrNO6/c1-24-8-7-13-14(20(28-4)22-21(18(13)23)29-11-30-22)10-16(24)19(25)15-9-12(26-2)5-6-17(15)27-3/h5-6,9-10H,7-8,11H2,1-4H3. The van der Waals surface area contributed by atoms with Gasteiger partial charge in [0, 0.05) is 19.2 Å². The molecule has 2 aliphatic rings. The van der Waals surface area contributed by atoms with E-state index in [0.717, 1.165) is 15.6 Å². The minimum absolute atomic E-state index is 0.129. The third-order valence-electron chi connectivity index (χ3n) is 5.33. The van der Waals surface area contributed by atoms with E-state index >= 15 is 0 Å². The van der Waals surface area contributed by atoms with Crippen molar-refractivity contribution >= 4 is 27.8 Å². The lowest BCUT2D eigenvalue weighted by molar-refractivity contribution is 0.0997. The molecule has 2 heterocycles. The Morgan fingerprint density at radius 1 is 1.10 bits per heavy atom. The number of carbonyl (C=O) groups excluding carboxylic acids is 1. The third-order valence-corrected chi connectivity index (χ3v) is 6.17. The maximum Gasteiger partial charge on any atom is 0.231 e. The van der Waals surface area contributed by atoms with Gasteiger partial charge in [-0.25, -0.2) is 0 Å². The van der Waals surface area contributed by atoms with Crippen LogP contribution in [-0.4, -0.2) is 52.4 Å². The average Bonchev–Trinajstić information content (AvgIpc) is 3.19. The molecular weight excluding hydrogens is 454 g/mol. The molecule has 7 nitrogen and oxygen atoms in total. The van der Waals surface area contributed by atoms with Gasteiger partial charge in [-0.3, -0.25) is 4.79 Å². The largest absolute Gasteiger partial charge is 0.497 e. The second kappa shape index (κ2) is 8.10. The number of ether oxygens (including phenoxy) is 5. The number of likely N-dealkylation sites (N-methyl/N-ethyl adjacent to an activating group) is 1. The first-order valence-electron chi connectivity index (χ1n) is 9.37. The molecule has 0 spiro atoms. The molecule has 0 radical (unpaired) electrons. The second-order valence-corrected chi connectivity index (χ2v) is 7.69. The van der Waals surface area contributed by atoms with Gasteiger partial charge in [0.2, 0.25) is 18.3 Å². The lowest BCUT2D eigenvalue weighted by atomic mass is 10.00. The maximum atomic E-state index is 13.6. The molecule has 0 saturated carbocycles. The average molecular weight is 476 g/mol. The van der Waals surface area contributed by atoms with Crippen LogP contribution in [0.1, 0.15) is 21.5 Å². The molecule has 0 amide bonds. The molecule has 158 valence electrons. The zero-order valence-corrected chi connectivity index (χ0v) is 18.8. The quantitative estimate of drug-likeness (QED) is 0.607. The molecule has 0 aromatic heterocycles. The third kappa shape index (κ3) is 3.25. The van der Waals surface area contributed by atoms with E-state index in [1.165, 1.54) is 0 Å². The van der Waals surface area contributed by atoms with Gasteiger partial charge in [-0.05, 0) is 52.2 Å². The van der Waals surface area contributed by atoms with E-state index in [1.54, 1.807) is 39.5 Å².